The first-order valence-electron chi connectivity index (χ1n) is 5.40. The predicted molar refractivity (Wildman–Crippen MR) is 59.5 cm³/mol. The average molecular weight is 258 g/mol. The SMILES string of the molecule is COc1cn([C@H]2C[C@H](O)[C@@H](CO)O2)c(=O)[nH]c1=O. The highest BCUT2D eigenvalue weighted by molar-refractivity contribution is 5.12. The molecule has 3 N–H and O–H groups in total. The molecule has 0 unspecified atom stereocenters. The molecular weight excluding hydrogens is 244 g/mol. The van der Waals surface area contributed by atoms with Crippen LogP contribution in [-0.2, 0) is 4.74 Å². The van der Waals surface area contributed by atoms with E-state index in [0.717, 1.165) is 4.57 Å². The number of rotatable bonds is 3. The predicted octanol–water partition coefficient (Wildman–Crippen LogP) is -1.81. The van der Waals surface area contributed by atoms with E-state index in [-0.39, 0.29) is 18.8 Å². The Morgan fingerprint density at radius 1 is 1.61 bits per heavy atom. The fourth-order valence-electron chi connectivity index (χ4n) is 1.88. The van der Waals surface area contributed by atoms with E-state index in [2.05, 4.69) is 4.98 Å². The lowest BCUT2D eigenvalue weighted by Gasteiger charge is -2.14. The molecule has 0 saturated carbocycles. The van der Waals surface area contributed by atoms with Crippen molar-refractivity contribution in [3.05, 3.63) is 27.0 Å². The van der Waals surface area contributed by atoms with E-state index in [1.165, 1.54) is 13.3 Å². The highest BCUT2D eigenvalue weighted by atomic mass is 16.5. The third-order valence-corrected chi connectivity index (χ3v) is 2.85. The molecule has 1 fully saturated rings. The minimum Gasteiger partial charge on any atom is -0.490 e. The summed E-state index contributed by atoms with van der Waals surface area (Å²) in [5.74, 6) is -0.0276. The Kier molecular flexibility index (Phi) is 3.50. The van der Waals surface area contributed by atoms with E-state index < -0.39 is 29.7 Å². The first-order valence-corrected chi connectivity index (χ1v) is 5.40. The molecule has 0 radical (unpaired) electrons. The Labute approximate surface area is 101 Å². The van der Waals surface area contributed by atoms with Gasteiger partial charge in [0.05, 0.1) is 26.0 Å². The molecule has 2 rings (SSSR count). The summed E-state index contributed by atoms with van der Waals surface area (Å²) < 4.78 is 11.2. The van der Waals surface area contributed by atoms with Crippen molar-refractivity contribution in [3.8, 4) is 5.75 Å². The summed E-state index contributed by atoms with van der Waals surface area (Å²) in [6, 6.07) is 0. The van der Waals surface area contributed by atoms with Crippen LogP contribution in [0.3, 0.4) is 0 Å². The molecule has 0 aromatic carbocycles. The number of aliphatic hydroxyl groups is 2. The molecule has 0 amide bonds. The second-order valence-corrected chi connectivity index (χ2v) is 3.98. The van der Waals surface area contributed by atoms with Gasteiger partial charge in [-0.05, 0) is 0 Å². The van der Waals surface area contributed by atoms with Crippen molar-refractivity contribution in [1.82, 2.24) is 9.55 Å². The molecular formula is C10H14N2O6. The van der Waals surface area contributed by atoms with Crippen LogP contribution in [0.1, 0.15) is 12.6 Å². The average Bonchev–Trinajstić information content (AvgIpc) is 2.70. The number of methoxy groups -OCH3 is 1. The van der Waals surface area contributed by atoms with Crippen molar-refractivity contribution in [2.24, 2.45) is 0 Å². The highest BCUT2D eigenvalue weighted by Gasteiger charge is 2.35. The lowest BCUT2D eigenvalue weighted by Crippen LogP contribution is -2.32. The van der Waals surface area contributed by atoms with Crippen molar-refractivity contribution >= 4 is 0 Å². The molecule has 3 atom stereocenters. The van der Waals surface area contributed by atoms with Crippen LogP contribution in [0.2, 0.25) is 0 Å². The summed E-state index contributed by atoms with van der Waals surface area (Å²) in [6.07, 6.45) is -0.960. The van der Waals surface area contributed by atoms with Gasteiger partial charge in [-0.2, -0.15) is 0 Å². The second-order valence-electron chi connectivity index (χ2n) is 3.98. The molecule has 100 valence electrons. The third kappa shape index (κ3) is 2.17. The quantitative estimate of drug-likeness (QED) is 0.588. The molecule has 18 heavy (non-hydrogen) atoms. The maximum absolute atomic E-state index is 11.6. The van der Waals surface area contributed by atoms with Crippen LogP contribution in [0.15, 0.2) is 15.8 Å². The highest BCUT2D eigenvalue weighted by Crippen LogP contribution is 2.27. The Hall–Kier alpha value is -1.64. The monoisotopic (exact) mass is 258 g/mol. The van der Waals surface area contributed by atoms with Crippen LogP contribution in [0.5, 0.6) is 5.75 Å². The van der Waals surface area contributed by atoms with Crippen LogP contribution in [-0.4, -0.2) is 45.7 Å². The first-order chi connectivity index (χ1) is 8.56. The van der Waals surface area contributed by atoms with Crippen LogP contribution in [0.4, 0.5) is 0 Å². The van der Waals surface area contributed by atoms with Gasteiger partial charge in [-0.3, -0.25) is 14.3 Å². The van der Waals surface area contributed by atoms with Crippen molar-refractivity contribution in [1.29, 1.82) is 0 Å². The Balaban J connectivity index is 2.35. The fraction of sp³-hybridized carbons (Fsp3) is 0.600. The van der Waals surface area contributed by atoms with E-state index in [4.69, 9.17) is 14.6 Å². The molecule has 0 aliphatic carbocycles. The van der Waals surface area contributed by atoms with Crippen molar-refractivity contribution < 1.29 is 19.7 Å². The van der Waals surface area contributed by atoms with Crippen LogP contribution < -0.4 is 16.0 Å². The zero-order valence-electron chi connectivity index (χ0n) is 9.70. The van der Waals surface area contributed by atoms with E-state index in [1.54, 1.807) is 0 Å². The molecule has 8 heteroatoms. The van der Waals surface area contributed by atoms with Gasteiger partial charge in [0.1, 0.15) is 12.3 Å². The Morgan fingerprint density at radius 2 is 2.33 bits per heavy atom. The van der Waals surface area contributed by atoms with E-state index in [0.29, 0.717) is 0 Å². The second kappa shape index (κ2) is 4.92. The number of nitrogens with one attached hydrogen (secondary N) is 1. The van der Waals surface area contributed by atoms with Crippen molar-refractivity contribution in [3.63, 3.8) is 0 Å². The van der Waals surface area contributed by atoms with Gasteiger partial charge in [0.2, 0.25) is 5.75 Å². The molecule has 1 aromatic heterocycles. The van der Waals surface area contributed by atoms with Gasteiger partial charge in [0, 0.05) is 6.42 Å². The molecule has 2 heterocycles. The van der Waals surface area contributed by atoms with Crippen molar-refractivity contribution in [2.45, 2.75) is 24.9 Å². The van der Waals surface area contributed by atoms with Gasteiger partial charge in [0.15, 0.2) is 0 Å². The number of aromatic amines is 1. The minimum absolute atomic E-state index is 0.0276. The largest absolute Gasteiger partial charge is 0.490 e. The van der Waals surface area contributed by atoms with Gasteiger partial charge < -0.3 is 19.7 Å². The smallest absolute Gasteiger partial charge is 0.330 e. The Morgan fingerprint density at radius 3 is 2.89 bits per heavy atom. The molecule has 1 aliphatic rings. The lowest BCUT2D eigenvalue weighted by molar-refractivity contribution is -0.0460. The van der Waals surface area contributed by atoms with Gasteiger partial charge in [0.25, 0.3) is 5.56 Å². The number of hydrogen-bond acceptors (Lipinski definition) is 6. The van der Waals surface area contributed by atoms with Crippen LogP contribution >= 0.6 is 0 Å². The molecule has 0 spiro atoms. The maximum Gasteiger partial charge on any atom is 0.330 e. The fourth-order valence-corrected chi connectivity index (χ4v) is 1.88. The summed E-state index contributed by atoms with van der Waals surface area (Å²) in [5.41, 5.74) is -1.28. The standard InChI is InChI=1S/C10H14N2O6/c1-17-6-3-12(10(16)11-9(6)15)8-2-5(14)7(4-13)18-8/h3,5,7-8,13-14H,2,4H2,1H3,(H,11,15,16)/t5-,7+,8+/m0/s1. The normalized spacial score (nSPS) is 27.4. The topological polar surface area (TPSA) is 114 Å². The van der Waals surface area contributed by atoms with E-state index >= 15 is 0 Å². The number of ether oxygens (including phenoxy) is 2. The van der Waals surface area contributed by atoms with E-state index in [9.17, 15) is 14.7 Å². The van der Waals surface area contributed by atoms with Gasteiger partial charge in [-0.15, -0.1) is 0 Å². The minimum atomic E-state index is -0.857. The lowest BCUT2D eigenvalue weighted by atomic mass is 10.2. The van der Waals surface area contributed by atoms with Gasteiger partial charge in [-0.25, -0.2) is 4.79 Å². The number of H-pyrrole nitrogens is 1. The van der Waals surface area contributed by atoms with Gasteiger partial charge in [-0.1, -0.05) is 0 Å². The van der Waals surface area contributed by atoms with Crippen molar-refractivity contribution in [2.75, 3.05) is 13.7 Å². The summed E-state index contributed by atoms with van der Waals surface area (Å²) in [6.45, 7) is -0.340. The summed E-state index contributed by atoms with van der Waals surface area (Å²) in [5, 5.41) is 18.5. The maximum atomic E-state index is 11.6. The van der Waals surface area contributed by atoms with E-state index in [1.807, 2.05) is 0 Å². The third-order valence-electron chi connectivity index (χ3n) is 2.85. The summed E-state index contributed by atoms with van der Waals surface area (Å²) >= 11 is 0. The molecule has 0 bridgehead atoms. The van der Waals surface area contributed by atoms with Crippen LogP contribution in [0.25, 0.3) is 0 Å². The van der Waals surface area contributed by atoms with Gasteiger partial charge >= 0.3 is 5.69 Å². The summed E-state index contributed by atoms with van der Waals surface area (Å²) in [4.78, 5) is 25.0. The summed E-state index contributed by atoms with van der Waals surface area (Å²) in [7, 11) is 1.31. The first kappa shape index (κ1) is 12.8. The zero-order chi connectivity index (χ0) is 13.3. The Bertz CT molecular complexity index is 536. The molecule has 1 aliphatic heterocycles. The van der Waals surface area contributed by atoms with Crippen LogP contribution in [0, 0.1) is 0 Å². The zero-order valence-corrected chi connectivity index (χ0v) is 9.70. The molecule has 1 saturated heterocycles. The number of aliphatic hydroxyl groups excluding tert-OH is 2. The number of hydrogen-bond donors (Lipinski definition) is 3. The number of aromatic nitrogens is 2. The molecule has 8 nitrogen and oxygen atoms in total. The number of nitrogens with zero attached hydrogens (tertiary/aromatic N) is 1. The molecule has 1 aromatic rings.